The van der Waals surface area contributed by atoms with Crippen LogP contribution < -0.4 is 0 Å². The van der Waals surface area contributed by atoms with Crippen LogP contribution in [0.4, 0.5) is 0 Å². The van der Waals surface area contributed by atoms with Gasteiger partial charge in [-0.05, 0) is 24.5 Å². The number of hydrogen-bond donors (Lipinski definition) is 0. The van der Waals surface area contributed by atoms with Crippen LogP contribution in [0.2, 0.25) is 0 Å². The average molecular weight is 439 g/mol. The van der Waals surface area contributed by atoms with E-state index in [1.54, 1.807) is 20.4 Å². The van der Waals surface area contributed by atoms with Gasteiger partial charge in [-0.15, -0.1) is 0 Å². The second-order valence-electron chi connectivity index (χ2n) is 5.12. The molecule has 2 aromatic heterocycles. The maximum absolute atomic E-state index is 12.2. The zero-order chi connectivity index (χ0) is 16.1. The van der Waals surface area contributed by atoms with E-state index in [2.05, 4.69) is 22.7 Å². The number of nitrogens with zero attached hydrogens (tertiary/aromatic N) is 3. The number of methoxy groups -OCH3 is 1. The molecule has 0 N–H and O–H groups in total. The number of hydroxylamine groups is 2. The summed E-state index contributed by atoms with van der Waals surface area (Å²) in [7, 11) is 4.73. The van der Waals surface area contributed by atoms with Gasteiger partial charge in [0.05, 0.1) is 12.6 Å². The summed E-state index contributed by atoms with van der Waals surface area (Å²) in [5.74, 6) is -0.257. The van der Waals surface area contributed by atoms with Gasteiger partial charge in [0.15, 0.2) is 0 Å². The molecule has 7 heteroatoms. The number of aryl methyl sites for hydroxylation is 2. The van der Waals surface area contributed by atoms with Crippen LogP contribution in [0.25, 0.3) is 10.9 Å². The van der Waals surface area contributed by atoms with Crippen molar-refractivity contribution in [2.75, 3.05) is 27.9 Å². The number of fused-ring (bicyclic) bond motifs is 1. The fourth-order valence-electron chi connectivity index (χ4n) is 2.46. The molecule has 0 aliphatic heterocycles. The average Bonchev–Trinajstić information content (AvgIpc) is 2.91. The van der Waals surface area contributed by atoms with E-state index < -0.39 is 0 Å². The van der Waals surface area contributed by atoms with Gasteiger partial charge in [-0.3, -0.25) is 14.6 Å². The minimum atomic E-state index is -0.257. The number of pyridine rings is 1. The summed E-state index contributed by atoms with van der Waals surface area (Å²) in [5, 5.41) is 2.27. The standard InChI is InChI=1S/C16H23N3O3.Cs.H/c1-5-12-11-19(7-6-8-21-3)15-9-14(17-10-13(12)15)16(20)18(2)22-4;;/h9-11H,5-8H2,1-4H3;;. The monoisotopic (exact) mass is 439 g/mol. The van der Waals surface area contributed by atoms with Crippen molar-refractivity contribution in [3.8, 4) is 0 Å². The molecule has 0 aliphatic rings. The minimum absolute atomic E-state index is 0. The van der Waals surface area contributed by atoms with E-state index in [0.29, 0.717) is 12.3 Å². The molecule has 2 heterocycles. The molecule has 0 saturated carbocycles. The number of hydrogen-bond acceptors (Lipinski definition) is 4. The van der Waals surface area contributed by atoms with Gasteiger partial charge in [-0.25, -0.2) is 5.06 Å². The molecule has 23 heavy (non-hydrogen) atoms. The Kier molecular flexibility index (Phi) is 9.39. The molecule has 0 aromatic carbocycles. The first-order valence-electron chi connectivity index (χ1n) is 7.41. The molecular formula is C16H24CsN3O3. The quantitative estimate of drug-likeness (QED) is 0.486. The summed E-state index contributed by atoms with van der Waals surface area (Å²) >= 11 is 0. The number of ether oxygens (including phenoxy) is 1. The SMILES string of the molecule is CCc1cn(CCCOC)c2cc(C(=O)N(C)OC)ncc12.[CsH]. The van der Waals surface area contributed by atoms with Crippen LogP contribution in [0.3, 0.4) is 0 Å². The predicted molar refractivity (Wildman–Crippen MR) is 91.9 cm³/mol. The molecule has 2 rings (SSSR count). The van der Waals surface area contributed by atoms with E-state index in [9.17, 15) is 4.79 Å². The number of aromatic nitrogens is 2. The summed E-state index contributed by atoms with van der Waals surface area (Å²) in [5.41, 5.74) is 2.64. The van der Waals surface area contributed by atoms with E-state index in [4.69, 9.17) is 9.57 Å². The Morgan fingerprint density at radius 2 is 2.13 bits per heavy atom. The zero-order valence-electron chi connectivity index (χ0n) is 13.6. The molecule has 0 radical (unpaired) electrons. The summed E-state index contributed by atoms with van der Waals surface area (Å²) in [6.07, 6.45) is 5.77. The van der Waals surface area contributed by atoms with Crippen molar-refractivity contribution in [2.24, 2.45) is 0 Å². The van der Waals surface area contributed by atoms with Gasteiger partial charge in [0, 0.05) is 45.1 Å². The molecule has 0 bridgehead atoms. The van der Waals surface area contributed by atoms with E-state index >= 15 is 0 Å². The van der Waals surface area contributed by atoms with Gasteiger partial charge in [0.25, 0.3) is 5.91 Å². The van der Waals surface area contributed by atoms with E-state index in [-0.39, 0.29) is 74.8 Å². The summed E-state index contributed by atoms with van der Waals surface area (Å²) < 4.78 is 7.28. The van der Waals surface area contributed by atoms with Crippen LogP contribution in [0.1, 0.15) is 29.4 Å². The van der Waals surface area contributed by atoms with Gasteiger partial charge in [0.1, 0.15) is 5.69 Å². The number of rotatable bonds is 7. The van der Waals surface area contributed by atoms with Crippen LogP contribution in [0, 0.1) is 0 Å². The van der Waals surface area contributed by atoms with Crippen LogP contribution in [-0.4, -0.2) is 117 Å². The van der Waals surface area contributed by atoms with Crippen molar-refractivity contribution in [3.63, 3.8) is 0 Å². The van der Waals surface area contributed by atoms with Crippen molar-refractivity contribution >= 4 is 85.7 Å². The van der Waals surface area contributed by atoms with Crippen LogP contribution >= 0.6 is 0 Å². The van der Waals surface area contributed by atoms with Gasteiger partial charge < -0.3 is 9.30 Å². The van der Waals surface area contributed by atoms with Gasteiger partial charge in [-0.2, -0.15) is 0 Å². The van der Waals surface area contributed by atoms with Gasteiger partial charge in [0.2, 0.25) is 0 Å². The first-order chi connectivity index (χ1) is 10.6. The van der Waals surface area contributed by atoms with Crippen LogP contribution in [0.5, 0.6) is 0 Å². The Balaban J connectivity index is 0.00000264. The first-order valence-corrected chi connectivity index (χ1v) is 7.41. The third-order valence-corrected chi connectivity index (χ3v) is 3.76. The second kappa shape index (κ2) is 10.2. The third kappa shape index (κ3) is 5.05. The molecule has 0 spiro atoms. The zero-order valence-corrected chi connectivity index (χ0v) is 13.6. The van der Waals surface area contributed by atoms with Crippen LogP contribution in [0.15, 0.2) is 18.5 Å². The van der Waals surface area contributed by atoms with Crippen molar-refractivity contribution in [3.05, 3.63) is 29.7 Å². The first kappa shape index (κ1) is 21.2. The molecular weight excluding hydrogens is 415 g/mol. The summed E-state index contributed by atoms with van der Waals surface area (Å²) in [4.78, 5) is 21.4. The molecule has 0 fully saturated rings. The molecule has 6 nitrogen and oxygen atoms in total. The fourth-order valence-corrected chi connectivity index (χ4v) is 2.46. The van der Waals surface area contributed by atoms with E-state index in [0.717, 1.165) is 30.3 Å². The third-order valence-electron chi connectivity index (χ3n) is 3.76. The van der Waals surface area contributed by atoms with Crippen molar-refractivity contribution in [1.82, 2.24) is 14.6 Å². The van der Waals surface area contributed by atoms with E-state index in [1.165, 1.54) is 17.7 Å². The van der Waals surface area contributed by atoms with Crippen molar-refractivity contribution in [1.29, 1.82) is 0 Å². The number of amides is 1. The van der Waals surface area contributed by atoms with Gasteiger partial charge in [-0.1, -0.05) is 6.92 Å². The molecule has 1 amide bonds. The Labute approximate surface area is 195 Å². The topological polar surface area (TPSA) is 56.6 Å². The summed E-state index contributed by atoms with van der Waals surface area (Å²) in [6, 6.07) is 1.83. The van der Waals surface area contributed by atoms with E-state index in [1.807, 2.05) is 6.07 Å². The predicted octanol–water partition coefficient (Wildman–Crippen LogP) is 1.62. The summed E-state index contributed by atoms with van der Waals surface area (Å²) in [6.45, 7) is 3.68. The number of carbonyl (C=O) groups is 1. The maximum atomic E-state index is 12.2. The normalized spacial score (nSPS) is 10.6. The second-order valence-corrected chi connectivity index (χ2v) is 5.12. The van der Waals surface area contributed by atoms with Crippen LogP contribution in [-0.2, 0) is 22.5 Å². The van der Waals surface area contributed by atoms with Crippen molar-refractivity contribution < 1.29 is 14.4 Å². The van der Waals surface area contributed by atoms with Crippen molar-refractivity contribution in [2.45, 2.75) is 26.3 Å². The Hall–Kier alpha value is 0.132. The van der Waals surface area contributed by atoms with Gasteiger partial charge >= 0.3 is 68.9 Å². The molecule has 0 atom stereocenters. The molecule has 2 aromatic rings. The Morgan fingerprint density at radius 3 is 2.74 bits per heavy atom. The fraction of sp³-hybridized carbons (Fsp3) is 0.500. The molecule has 0 aliphatic carbocycles. The Morgan fingerprint density at radius 1 is 1.39 bits per heavy atom. The number of carbonyl (C=O) groups excluding carboxylic acids is 1. The molecule has 122 valence electrons. The Bertz CT molecular complexity index is 657. The molecule has 0 saturated heterocycles. The molecule has 0 unspecified atom stereocenters.